The molecule has 1 aliphatic carbocycles. The van der Waals surface area contributed by atoms with Crippen molar-refractivity contribution in [3.05, 3.63) is 0 Å². The summed E-state index contributed by atoms with van der Waals surface area (Å²) in [6.45, 7) is 1.90. The molecule has 2 rings (SSSR count). The molecule has 74 valence electrons. The summed E-state index contributed by atoms with van der Waals surface area (Å²) in [4.78, 5) is 1.89. The number of aliphatic hydroxyl groups is 1. The van der Waals surface area contributed by atoms with Gasteiger partial charge in [0.15, 0.2) is 5.96 Å². The van der Waals surface area contributed by atoms with Crippen LogP contribution >= 0.6 is 0 Å². The van der Waals surface area contributed by atoms with Crippen molar-refractivity contribution in [3.63, 3.8) is 0 Å². The number of rotatable bonds is 1. The quantitative estimate of drug-likeness (QED) is 0.395. The van der Waals surface area contributed by atoms with Crippen molar-refractivity contribution in [1.82, 2.24) is 4.90 Å². The Hall–Kier alpha value is -0.770. The van der Waals surface area contributed by atoms with Gasteiger partial charge in [-0.05, 0) is 18.8 Å². The van der Waals surface area contributed by atoms with E-state index in [2.05, 4.69) is 0 Å². The number of hydrogen-bond donors (Lipinski definition) is 3. The summed E-state index contributed by atoms with van der Waals surface area (Å²) in [7, 11) is 0. The van der Waals surface area contributed by atoms with Crippen molar-refractivity contribution in [2.75, 3.05) is 19.7 Å². The number of likely N-dealkylation sites (tertiary alicyclic amines) is 1. The number of hydrogen-bond acceptors (Lipinski definition) is 2. The third-order valence-electron chi connectivity index (χ3n) is 3.70. The van der Waals surface area contributed by atoms with Gasteiger partial charge in [-0.1, -0.05) is 6.42 Å². The summed E-state index contributed by atoms with van der Waals surface area (Å²) in [6.07, 6.45) is 3.50. The minimum atomic E-state index is 0.0612. The van der Waals surface area contributed by atoms with Crippen molar-refractivity contribution >= 4 is 5.96 Å². The highest BCUT2D eigenvalue weighted by molar-refractivity contribution is 5.75. The SMILES string of the molecule is N=C(N)N1CC2CCCC2(CO)C1. The van der Waals surface area contributed by atoms with E-state index in [0.29, 0.717) is 5.92 Å². The molecule has 4 N–H and O–H groups in total. The summed E-state index contributed by atoms with van der Waals surface area (Å²) in [6, 6.07) is 0. The van der Waals surface area contributed by atoms with Gasteiger partial charge in [-0.2, -0.15) is 0 Å². The van der Waals surface area contributed by atoms with E-state index in [1.165, 1.54) is 12.8 Å². The molecule has 2 aliphatic rings. The fourth-order valence-electron chi connectivity index (χ4n) is 2.86. The Balaban J connectivity index is 2.13. The second kappa shape index (κ2) is 2.87. The van der Waals surface area contributed by atoms with Crippen LogP contribution in [0.5, 0.6) is 0 Å². The first-order valence-electron chi connectivity index (χ1n) is 4.88. The van der Waals surface area contributed by atoms with Crippen LogP contribution in [0, 0.1) is 16.7 Å². The van der Waals surface area contributed by atoms with E-state index >= 15 is 0 Å². The molecule has 0 radical (unpaired) electrons. The lowest BCUT2D eigenvalue weighted by molar-refractivity contribution is 0.116. The zero-order valence-corrected chi connectivity index (χ0v) is 7.79. The van der Waals surface area contributed by atoms with E-state index in [-0.39, 0.29) is 18.0 Å². The second-order valence-electron chi connectivity index (χ2n) is 4.38. The highest BCUT2D eigenvalue weighted by Crippen LogP contribution is 2.47. The highest BCUT2D eigenvalue weighted by Gasteiger charge is 2.49. The van der Waals surface area contributed by atoms with Gasteiger partial charge < -0.3 is 15.7 Å². The number of nitrogens with one attached hydrogen (secondary N) is 1. The second-order valence-corrected chi connectivity index (χ2v) is 4.38. The molecule has 0 aromatic rings. The molecule has 0 bridgehead atoms. The molecule has 1 saturated carbocycles. The lowest BCUT2D eigenvalue weighted by Crippen LogP contribution is -2.37. The Morgan fingerprint density at radius 1 is 1.69 bits per heavy atom. The van der Waals surface area contributed by atoms with Gasteiger partial charge in [0.2, 0.25) is 0 Å². The molecule has 0 spiro atoms. The summed E-state index contributed by atoms with van der Waals surface area (Å²) < 4.78 is 0. The molecule has 4 nitrogen and oxygen atoms in total. The molecule has 1 heterocycles. The zero-order valence-electron chi connectivity index (χ0n) is 7.79. The van der Waals surface area contributed by atoms with Crippen LogP contribution in [0.2, 0.25) is 0 Å². The number of guanidine groups is 1. The maximum absolute atomic E-state index is 9.39. The van der Waals surface area contributed by atoms with Crippen molar-refractivity contribution in [3.8, 4) is 0 Å². The van der Waals surface area contributed by atoms with Crippen molar-refractivity contribution in [2.24, 2.45) is 17.1 Å². The van der Waals surface area contributed by atoms with E-state index in [9.17, 15) is 5.11 Å². The predicted molar refractivity (Wildman–Crippen MR) is 50.3 cm³/mol. The van der Waals surface area contributed by atoms with Crippen LogP contribution in [0.1, 0.15) is 19.3 Å². The van der Waals surface area contributed by atoms with Crippen molar-refractivity contribution in [1.29, 1.82) is 5.41 Å². The third-order valence-corrected chi connectivity index (χ3v) is 3.70. The topological polar surface area (TPSA) is 73.3 Å². The molecule has 1 saturated heterocycles. The van der Waals surface area contributed by atoms with Crippen LogP contribution in [-0.4, -0.2) is 35.7 Å². The average molecular weight is 183 g/mol. The van der Waals surface area contributed by atoms with Crippen LogP contribution in [0.15, 0.2) is 0 Å². The van der Waals surface area contributed by atoms with E-state index in [1.54, 1.807) is 0 Å². The minimum Gasteiger partial charge on any atom is -0.396 e. The number of nitrogens with zero attached hydrogens (tertiary/aromatic N) is 1. The number of nitrogens with two attached hydrogens (primary N) is 1. The maximum Gasteiger partial charge on any atom is 0.188 e. The Labute approximate surface area is 78.2 Å². The first kappa shape index (κ1) is 8.81. The first-order chi connectivity index (χ1) is 6.18. The molecule has 0 aromatic carbocycles. The highest BCUT2D eigenvalue weighted by atomic mass is 16.3. The molecule has 0 aromatic heterocycles. The van der Waals surface area contributed by atoms with Crippen LogP contribution in [0.3, 0.4) is 0 Å². The Morgan fingerprint density at radius 2 is 2.46 bits per heavy atom. The zero-order chi connectivity index (χ0) is 9.47. The van der Waals surface area contributed by atoms with E-state index in [1.807, 2.05) is 4.90 Å². The van der Waals surface area contributed by atoms with Crippen LogP contribution in [0.4, 0.5) is 0 Å². The third kappa shape index (κ3) is 1.20. The standard InChI is InChI=1S/C9H17N3O/c10-8(11)12-4-7-2-1-3-9(7,5-12)6-13/h7,13H,1-6H2,(H3,10,11). The smallest absolute Gasteiger partial charge is 0.188 e. The fraction of sp³-hybridized carbons (Fsp3) is 0.889. The molecule has 2 fully saturated rings. The lowest BCUT2D eigenvalue weighted by atomic mass is 9.82. The Bertz CT molecular complexity index is 231. The van der Waals surface area contributed by atoms with Gasteiger partial charge in [0.25, 0.3) is 0 Å². The monoisotopic (exact) mass is 183 g/mol. The molecule has 2 unspecified atom stereocenters. The van der Waals surface area contributed by atoms with Crippen molar-refractivity contribution < 1.29 is 5.11 Å². The fourth-order valence-corrected chi connectivity index (χ4v) is 2.86. The van der Waals surface area contributed by atoms with E-state index in [4.69, 9.17) is 11.1 Å². The summed E-state index contributed by atoms with van der Waals surface area (Å²) in [5.74, 6) is 0.712. The summed E-state index contributed by atoms with van der Waals surface area (Å²) in [5.41, 5.74) is 5.50. The lowest BCUT2D eigenvalue weighted by Gasteiger charge is -2.25. The normalized spacial score (nSPS) is 37.9. The number of fused-ring (bicyclic) bond motifs is 1. The molecule has 4 heteroatoms. The minimum absolute atomic E-state index is 0.0612. The number of aliphatic hydroxyl groups excluding tert-OH is 1. The van der Waals surface area contributed by atoms with Gasteiger partial charge in [0.1, 0.15) is 0 Å². The molecular weight excluding hydrogens is 166 g/mol. The van der Waals surface area contributed by atoms with Gasteiger partial charge in [-0.3, -0.25) is 5.41 Å². The maximum atomic E-state index is 9.39. The molecule has 1 aliphatic heterocycles. The Kier molecular flexibility index (Phi) is 1.95. The first-order valence-corrected chi connectivity index (χ1v) is 4.88. The predicted octanol–water partition coefficient (Wildman–Crippen LogP) is -0.0257. The molecule has 13 heavy (non-hydrogen) atoms. The summed E-state index contributed by atoms with van der Waals surface area (Å²) in [5, 5.41) is 16.7. The molecule has 0 amide bonds. The largest absolute Gasteiger partial charge is 0.396 e. The Morgan fingerprint density at radius 3 is 3.00 bits per heavy atom. The van der Waals surface area contributed by atoms with Crippen molar-refractivity contribution in [2.45, 2.75) is 19.3 Å². The van der Waals surface area contributed by atoms with Gasteiger partial charge >= 0.3 is 0 Å². The van der Waals surface area contributed by atoms with E-state index < -0.39 is 0 Å². The molecule has 2 atom stereocenters. The van der Waals surface area contributed by atoms with E-state index in [0.717, 1.165) is 19.5 Å². The van der Waals surface area contributed by atoms with Gasteiger partial charge in [-0.15, -0.1) is 0 Å². The van der Waals surface area contributed by atoms with Crippen LogP contribution in [0.25, 0.3) is 0 Å². The average Bonchev–Trinajstić information content (AvgIpc) is 2.58. The van der Waals surface area contributed by atoms with Gasteiger partial charge in [0, 0.05) is 18.5 Å². The van der Waals surface area contributed by atoms with Gasteiger partial charge in [0.05, 0.1) is 6.61 Å². The van der Waals surface area contributed by atoms with Crippen LogP contribution < -0.4 is 5.73 Å². The molecular formula is C9H17N3O. The summed E-state index contributed by atoms with van der Waals surface area (Å²) >= 11 is 0. The van der Waals surface area contributed by atoms with Crippen LogP contribution in [-0.2, 0) is 0 Å². The van der Waals surface area contributed by atoms with Gasteiger partial charge in [-0.25, -0.2) is 0 Å².